The smallest absolute Gasteiger partial charge is 0.243 e. The summed E-state index contributed by atoms with van der Waals surface area (Å²) >= 11 is 6.22. The molecule has 2 aromatic carbocycles. The highest BCUT2D eigenvalue weighted by atomic mass is 35.5. The molecule has 178 valence electrons. The summed E-state index contributed by atoms with van der Waals surface area (Å²) in [6.45, 7) is -0.199. The number of nitrogens with one attached hydrogen (secondary N) is 1. The number of sulfonamides is 1. The average molecular weight is 491 g/mol. The van der Waals surface area contributed by atoms with Gasteiger partial charge in [0.15, 0.2) is 0 Å². The van der Waals surface area contributed by atoms with Gasteiger partial charge in [-0.1, -0.05) is 55.1 Å². The second kappa shape index (κ2) is 10.5. The lowest BCUT2D eigenvalue weighted by atomic mass is 9.88. The summed E-state index contributed by atoms with van der Waals surface area (Å²) in [6, 6.07) is 12.3. The van der Waals surface area contributed by atoms with Crippen LogP contribution in [0.25, 0.3) is 0 Å². The van der Waals surface area contributed by atoms with Crippen LogP contribution in [0.15, 0.2) is 47.4 Å². The van der Waals surface area contributed by atoms with Crippen molar-refractivity contribution in [3.05, 3.63) is 58.6 Å². The van der Waals surface area contributed by atoms with Crippen LogP contribution in [-0.2, 0) is 21.2 Å². The maximum absolute atomic E-state index is 13.7. The van der Waals surface area contributed by atoms with E-state index in [-0.39, 0.29) is 34.5 Å². The Balaban J connectivity index is 1.57. The molecule has 0 aromatic heterocycles. The Labute approximate surface area is 201 Å². The van der Waals surface area contributed by atoms with Gasteiger partial charge >= 0.3 is 0 Å². The number of halogens is 1. The maximum atomic E-state index is 13.7. The van der Waals surface area contributed by atoms with Gasteiger partial charge in [0.1, 0.15) is 5.75 Å². The molecule has 2 aliphatic rings. The Morgan fingerprint density at radius 2 is 1.85 bits per heavy atom. The van der Waals surface area contributed by atoms with E-state index in [1.54, 1.807) is 6.07 Å². The van der Waals surface area contributed by atoms with Gasteiger partial charge in [0.2, 0.25) is 15.9 Å². The highest BCUT2D eigenvalue weighted by Crippen LogP contribution is 2.33. The summed E-state index contributed by atoms with van der Waals surface area (Å²) in [5.74, 6) is 0.138. The van der Waals surface area contributed by atoms with Gasteiger partial charge in [0.25, 0.3) is 0 Å². The molecule has 2 aliphatic carbocycles. The zero-order valence-corrected chi connectivity index (χ0v) is 20.5. The number of fused-ring (bicyclic) bond motifs is 1. The van der Waals surface area contributed by atoms with Gasteiger partial charge in [-0.2, -0.15) is 4.31 Å². The first-order valence-electron chi connectivity index (χ1n) is 11.6. The number of rotatable bonds is 7. The van der Waals surface area contributed by atoms with Gasteiger partial charge in [-0.25, -0.2) is 8.42 Å². The molecule has 8 heteroatoms. The molecule has 4 rings (SSSR count). The topological polar surface area (TPSA) is 75.7 Å². The third kappa shape index (κ3) is 5.36. The van der Waals surface area contributed by atoms with E-state index in [0.29, 0.717) is 5.75 Å². The Morgan fingerprint density at radius 3 is 2.58 bits per heavy atom. The van der Waals surface area contributed by atoms with Gasteiger partial charge in [-0.3, -0.25) is 4.79 Å². The molecule has 0 bridgehead atoms. The van der Waals surface area contributed by atoms with Crippen LogP contribution in [0.4, 0.5) is 0 Å². The Bertz CT molecular complexity index is 1100. The molecule has 33 heavy (non-hydrogen) atoms. The second-order valence-electron chi connectivity index (χ2n) is 8.85. The molecular weight excluding hydrogens is 460 g/mol. The van der Waals surface area contributed by atoms with E-state index in [1.165, 1.54) is 29.1 Å². The highest BCUT2D eigenvalue weighted by Gasteiger charge is 2.35. The zero-order valence-electron chi connectivity index (χ0n) is 18.9. The largest absolute Gasteiger partial charge is 0.495 e. The summed E-state index contributed by atoms with van der Waals surface area (Å²) in [5, 5.41) is 3.33. The van der Waals surface area contributed by atoms with Crippen LogP contribution in [0.3, 0.4) is 0 Å². The Morgan fingerprint density at radius 1 is 1.09 bits per heavy atom. The molecule has 2 aromatic rings. The standard InChI is InChI=1S/C25H31ClN2O4S/c1-32-24-15-14-20(16-22(24)26)33(30,31)28(19-10-3-2-4-11-19)17-25(29)27-23-13-7-9-18-8-5-6-12-21(18)23/h5-6,8,12,14-16,19,23H,2-4,7,9-11,13,17H2,1H3,(H,27,29)/t23-/m1/s1. The third-order valence-corrected chi connectivity index (χ3v) is 8.91. The molecule has 0 unspecified atom stereocenters. The van der Waals surface area contributed by atoms with Crippen molar-refractivity contribution < 1.29 is 17.9 Å². The number of carbonyl (C=O) groups excluding carboxylic acids is 1. The van der Waals surface area contributed by atoms with Crippen molar-refractivity contribution >= 4 is 27.5 Å². The molecule has 0 radical (unpaired) electrons. The van der Waals surface area contributed by atoms with E-state index in [0.717, 1.165) is 56.9 Å². The molecule has 1 amide bonds. The van der Waals surface area contributed by atoms with Crippen LogP contribution in [0.1, 0.15) is 62.1 Å². The summed E-state index contributed by atoms with van der Waals surface area (Å²) in [7, 11) is -2.43. The number of nitrogens with zero attached hydrogens (tertiary/aromatic N) is 1. The molecule has 1 atom stereocenters. The van der Waals surface area contributed by atoms with Crippen LogP contribution >= 0.6 is 11.6 Å². The zero-order chi connectivity index (χ0) is 23.4. The quantitative estimate of drug-likeness (QED) is 0.601. The molecule has 0 heterocycles. The lowest BCUT2D eigenvalue weighted by Crippen LogP contribution is -2.47. The molecular formula is C25H31ClN2O4S. The Kier molecular flexibility index (Phi) is 7.62. The first-order valence-corrected chi connectivity index (χ1v) is 13.4. The normalized spacial score (nSPS) is 19.2. The summed E-state index contributed by atoms with van der Waals surface area (Å²) in [6.07, 6.45) is 7.36. The lowest BCUT2D eigenvalue weighted by Gasteiger charge is -2.34. The van der Waals surface area contributed by atoms with Crippen LogP contribution in [-0.4, -0.2) is 38.3 Å². The number of carbonyl (C=O) groups is 1. The molecule has 6 nitrogen and oxygen atoms in total. The van der Waals surface area contributed by atoms with Crippen molar-refractivity contribution in [1.82, 2.24) is 9.62 Å². The number of ether oxygens (including phenoxy) is 1. The predicted octanol–water partition coefficient (Wildman–Crippen LogP) is 4.87. The monoisotopic (exact) mass is 490 g/mol. The fourth-order valence-corrected chi connectivity index (χ4v) is 7.00. The average Bonchev–Trinajstić information content (AvgIpc) is 2.83. The molecule has 0 saturated heterocycles. The van der Waals surface area contributed by atoms with Gasteiger partial charge in [0.05, 0.1) is 29.6 Å². The fourth-order valence-electron chi connectivity index (χ4n) is 5.01. The summed E-state index contributed by atoms with van der Waals surface area (Å²) < 4.78 is 33.9. The van der Waals surface area contributed by atoms with Crippen molar-refractivity contribution in [2.24, 2.45) is 0 Å². The van der Waals surface area contributed by atoms with Gasteiger partial charge in [-0.15, -0.1) is 0 Å². The van der Waals surface area contributed by atoms with Crippen LogP contribution in [0.2, 0.25) is 5.02 Å². The van der Waals surface area contributed by atoms with Gasteiger partial charge in [-0.05, 0) is 61.4 Å². The van der Waals surface area contributed by atoms with Crippen LogP contribution in [0, 0.1) is 0 Å². The van der Waals surface area contributed by atoms with Gasteiger partial charge in [0, 0.05) is 6.04 Å². The van der Waals surface area contributed by atoms with Crippen molar-refractivity contribution in [1.29, 1.82) is 0 Å². The molecule has 1 saturated carbocycles. The Hall–Kier alpha value is -2.09. The van der Waals surface area contributed by atoms with E-state index >= 15 is 0 Å². The number of aryl methyl sites for hydroxylation is 1. The number of hydrogen-bond donors (Lipinski definition) is 1. The highest BCUT2D eigenvalue weighted by molar-refractivity contribution is 7.89. The van der Waals surface area contributed by atoms with E-state index in [9.17, 15) is 13.2 Å². The molecule has 0 spiro atoms. The molecule has 0 aliphatic heterocycles. The van der Waals surface area contributed by atoms with E-state index in [1.807, 2.05) is 12.1 Å². The summed E-state index contributed by atoms with van der Waals surface area (Å²) in [5.41, 5.74) is 2.38. The maximum Gasteiger partial charge on any atom is 0.243 e. The predicted molar refractivity (Wildman–Crippen MR) is 129 cm³/mol. The third-order valence-electron chi connectivity index (χ3n) is 6.72. The molecule has 1 N–H and O–H groups in total. The number of amides is 1. The second-order valence-corrected chi connectivity index (χ2v) is 11.1. The van der Waals surface area contributed by atoms with Crippen molar-refractivity contribution in [3.63, 3.8) is 0 Å². The van der Waals surface area contributed by atoms with Crippen molar-refractivity contribution in [2.75, 3.05) is 13.7 Å². The SMILES string of the molecule is COc1ccc(S(=O)(=O)N(CC(=O)N[C@@H]2CCCc3ccccc32)C2CCCCC2)cc1Cl. The molecule has 1 fully saturated rings. The number of methoxy groups -OCH3 is 1. The van der Waals surface area contributed by atoms with Crippen molar-refractivity contribution in [3.8, 4) is 5.75 Å². The summed E-state index contributed by atoms with van der Waals surface area (Å²) in [4.78, 5) is 13.2. The van der Waals surface area contributed by atoms with Crippen molar-refractivity contribution in [2.45, 2.75) is 68.3 Å². The van der Waals surface area contributed by atoms with E-state index in [4.69, 9.17) is 16.3 Å². The van der Waals surface area contributed by atoms with E-state index in [2.05, 4.69) is 17.4 Å². The number of benzene rings is 2. The first kappa shape index (κ1) is 24.0. The van der Waals surface area contributed by atoms with E-state index < -0.39 is 10.0 Å². The van der Waals surface area contributed by atoms with Gasteiger partial charge < -0.3 is 10.1 Å². The van der Waals surface area contributed by atoms with Crippen LogP contribution in [0.5, 0.6) is 5.75 Å². The van der Waals surface area contributed by atoms with Crippen LogP contribution < -0.4 is 10.1 Å². The fraction of sp³-hybridized carbons (Fsp3) is 0.480. The minimum Gasteiger partial charge on any atom is -0.495 e. The lowest BCUT2D eigenvalue weighted by molar-refractivity contribution is -0.122. The number of hydrogen-bond acceptors (Lipinski definition) is 4. The first-order chi connectivity index (χ1) is 15.9. The minimum absolute atomic E-state index is 0.0784. The minimum atomic E-state index is -3.91.